The molecule has 204 valence electrons. The average molecular weight is 498 g/mol. The molecule has 3 unspecified atom stereocenters. The fourth-order valence-corrected chi connectivity index (χ4v) is 4.82. The second-order valence-electron chi connectivity index (χ2n) is 10.5. The molecule has 0 aromatic rings. The Balaban J connectivity index is 4.75. The lowest BCUT2D eigenvalue weighted by Crippen LogP contribution is -2.58. The molecule has 2 N–H and O–H groups in total. The molecular weight excluding hydrogens is 446 g/mol. The lowest BCUT2D eigenvalue weighted by atomic mass is 10.0. The number of carbonyl (C=O) groups is 3. The number of unbranched alkanes of at least 4 members (excludes halogenated alkanes) is 10. The van der Waals surface area contributed by atoms with Crippen molar-refractivity contribution in [1.82, 2.24) is 0 Å². The van der Waals surface area contributed by atoms with Gasteiger partial charge in [0.2, 0.25) is 0 Å². The van der Waals surface area contributed by atoms with Crippen LogP contribution in [-0.4, -0.2) is 58.8 Å². The van der Waals surface area contributed by atoms with Crippen LogP contribution in [0.25, 0.3) is 0 Å². The zero-order valence-electron chi connectivity index (χ0n) is 22.7. The minimum Gasteiger partial charge on any atom is -0.550 e. The Morgan fingerprint density at radius 3 is 1.51 bits per heavy atom. The number of rotatable bonds is 23. The van der Waals surface area contributed by atoms with E-state index in [0.717, 1.165) is 19.3 Å². The maximum absolute atomic E-state index is 11.6. The van der Waals surface area contributed by atoms with Gasteiger partial charge in [0, 0.05) is 18.3 Å². The molecular formula is C28H51NO6. The molecule has 0 aromatic heterocycles. The fourth-order valence-electron chi connectivity index (χ4n) is 4.82. The number of nitrogens with zero attached hydrogens (tertiary/aromatic N) is 1. The number of quaternary nitrogens is 1. The van der Waals surface area contributed by atoms with Crippen LogP contribution in [0.2, 0.25) is 0 Å². The number of aliphatic carboxylic acids is 3. The van der Waals surface area contributed by atoms with Crippen molar-refractivity contribution in [2.45, 2.75) is 105 Å². The third kappa shape index (κ3) is 16.4. The van der Waals surface area contributed by atoms with E-state index < -0.39 is 35.7 Å². The predicted octanol–water partition coefficient (Wildman–Crippen LogP) is 4.89. The van der Waals surface area contributed by atoms with Crippen LogP contribution in [0.4, 0.5) is 0 Å². The van der Waals surface area contributed by atoms with Crippen molar-refractivity contribution in [1.29, 1.82) is 0 Å². The molecule has 7 heteroatoms. The highest BCUT2D eigenvalue weighted by Gasteiger charge is 2.36. The van der Waals surface area contributed by atoms with Crippen LogP contribution < -0.4 is 5.11 Å². The first-order valence-corrected chi connectivity index (χ1v) is 13.7. The molecule has 0 radical (unpaired) electrons. The van der Waals surface area contributed by atoms with Crippen molar-refractivity contribution in [3.63, 3.8) is 0 Å². The van der Waals surface area contributed by atoms with Crippen LogP contribution in [0.15, 0.2) is 12.2 Å². The SMILES string of the molecule is CCCCCCCCCCC/C=C/CCC[N+](CC(C)C(=O)[O-])(CC(C)C(=O)O)CC(C)C(=O)O. The highest BCUT2D eigenvalue weighted by atomic mass is 16.4. The normalized spacial score (nSPS) is 16.0. The number of hydrogen-bond donors (Lipinski definition) is 2. The van der Waals surface area contributed by atoms with E-state index in [9.17, 15) is 29.7 Å². The molecule has 0 saturated carbocycles. The van der Waals surface area contributed by atoms with Gasteiger partial charge in [-0.25, -0.2) is 0 Å². The topological polar surface area (TPSA) is 115 Å². The summed E-state index contributed by atoms with van der Waals surface area (Å²) < 4.78 is 0.155. The first-order valence-electron chi connectivity index (χ1n) is 13.7. The molecule has 0 aromatic carbocycles. The zero-order chi connectivity index (χ0) is 26.7. The van der Waals surface area contributed by atoms with Gasteiger partial charge < -0.3 is 24.6 Å². The molecule has 0 heterocycles. The van der Waals surface area contributed by atoms with Gasteiger partial charge >= 0.3 is 11.9 Å². The van der Waals surface area contributed by atoms with Crippen LogP contribution in [-0.2, 0) is 14.4 Å². The fraction of sp³-hybridized carbons (Fsp3) is 0.821. The van der Waals surface area contributed by atoms with E-state index in [1.807, 2.05) is 0 Å². The third-order valence-electron chi connectivity index (χ3n) is 6.87. The Morgan fingerprint density at radius 1 is 0.686 bits per heavy atom. The molecule has 7 nitrogen and oxygen atoms in total. The van der Waals surface area contributed by atoms with E-state index >= 15 is 0 Å². The maximum atomic E-state index is 11.6. The van der Waals surface area contributed by atoms with Crippen molar-refractivity contribution >= 4 is 17.9 Å². The summed E-state index contributed by atoms with van der Waals surface area (Å²) in [5, 5.41) is 30.4. The molecule has 35 heavy (non-hydrogen) atoms. The van der Waals surface area contributed by atoms with Crippen molar-refractivity contribution < 1.29 is 34.2 Å². The van der Waals surface area contributed by atoms with E-state index in [1.165, 1.54) is 57.8 Å². The molecule has 0 aliphatic rings. The van der Waals surface area contributed by atoms with E-state index in [1.54, 1.807) is 20.8 Å². The minimum absolute atomic E-state index is 0.155. The van der Waals surface area contributed by atoms with Gasteiger partial charge in [-0.2, -0.15) is 0 Å². The molecule has 0 bridgehead atoms. The number of carboxylic acids is 3. The summed E-state index contributed by atoms with van der Waals surface area (Å²) in [6.45, 7) is 8.07. The van der Waals surface area contributed by atoms with Crippen LogP contribution in [0.3, 0.4) is 0 Å². The van der Waals surface area contributed by atoms with Crippen LogP contribution in [0.5, 0.6) is 0 Å². The molecule has 0 amide bonds. The first kappa shape index (κ1) is 33.1. The predicted molar refractivity (Wildman–Crippen MR) is 138 cm³/mol. The van der Waals surface area contributed by atoms with Crippen molar-refractivity contribution in [2.75, 3.05) is 26.2 Å². The third-order valence-corrected chi connectivity index (χ3v) is 6.87. The van der Waals surface area contributed by atoms with Crippen molar-refractivity contribution in [3.8, 4) is 0 Å². The molecule has 0 aliphatic heterocycles. The summed E-state index contributed by atoms with van der Waals surface area (Å²) in [6, 6.07) is 0. The highest BCUT2D eigenvalue weighted by Crippen LogP contribution is 2.21. The first-order chi connectivity index (χ1) is 16.5. The van der Waals surface area contributed by atoms with Gasteiger partial charge in [0.25, 0.3) is 0 Å². The molecule has 0 rings (SSSR count). The second-order valence-corrected chi connectivity index (χ2v) is 10.5. The summed E-state index contributed by atoms with van der Waals surface area (Å²) in [4.78, 5) is 34.6. The molecule has 0 spiro atoms. The number of allylic oxidation sites excluding steroid dienone is 2. The monoisotopic (exact) mass is 497 g/mol. The average Bonchev–Trinajstić information content (AvgIpc) is 2.78. The lowest BCUT2D eigenvalue weighted by Gasteiger charge is -2.43. The van der Waals surface area contributed by atoms with Crippen molar-refractivity contribution in [3.05, 3.63) is 12.2 Å². The zero-order valence-corrected chi connectivity index (χ0v) is 22.7. The quantitative estimate of drug-likeness (QED) is 0.118. The van der Waals surface area contributed by atoms with Crippen LogP contribution >= 0.6 is 0 Å². The standard InChI is InChI=1S/C28H51NO6/c1-5-6-7-8-9-10-11-12-13-14-15-16-17-18-19-29(20-23(2)26(30)31,21-24(3)27(32)33)22-25(4)28(34)35/h15-16,23-25H,5-14,17-22H2,1-4H3,(H2-,30,31,32,33,34,35)/b16-15+. The summed E-state index contributed by atoms with van der Waals surface area (Å²) in [7, 11) is 0. The van der Waals surface area contributed by atoms with Gasteiger partial charge in [-0.1, -0.05) is 77.4 Å². The molecule has 0 fully saturated rings. The van der Waals surface area contributed by atoms with E-state index in [-0.39, 0.29) is 24.1 Å². The minimum atomic E-state index is -1.20. The Hall–Kier alpha value is -1.89. The molecule has 3 atom stereocenters. The van der Waals surface area contributed by atoms with E-state index in [4.69, 9.17) is 0 Å². The highest BCUT2D eigenvalue weighted by molar-refractivity contribution is 5.70. The Kier molecular flexibility index (Phi) is 18.3. The van der Waals surface area contributed by atoms with Gasteiger partial charge in [-0.3, -0.25) is 9.59 Å². The summed E-state index contributed by atoms with van der Waals surface area (Å²) in [5.41, 5.74) is 0. The van der Waals surface area contributed by atoms with Gasteiger partial charge in [-0.05, 0) is 33.1 Å². The van der Waals surface area contributed by atoms with Gasteiger partial charge in [0.1, 0.15) is 11.8 Å². The Bertz CT molecular complexity index is 578. The van der Waals surface area contributed by atoms with E-state index in [2.05, 4.69) is 19.1 Å². The molecule has 0 aliphatic carbocycles. The van der Waals surface area contributed by atoms with Crippen molar-refractivity contribution in [2.24, 2.45) is 17.8 Å². The summed E-state index contributed by atoms with van der Waals surface area (Å²) in [5.74, 6) is -5.31. The molecule has 0 saturated heterocycles. The van der Waals surface area contributed by atoms with Crippen LogP contribution in [0.1, 0.15) is 105 Å². The lowest BCUT2D eigenvalue weighted by molar-refractivity contribution is -0.934. The van der Waals surface area contributed by atoms with E-state index in [0.29, 0.717) is 6.54 Å². The number of carboxylic acid groups (broad SMARTS) is 3. The van der Waals surface area contributed by atoms with Crippen LogP contribution in [0, 0.1) is 17.8 Å². The Morgan fingerprint density at radius 2 is 1.09 bits per heavy atom. The maximum Gasteiger partial charge on any atom is 0.311 e. The van der Waals surface area contributed by atoms with Gasteiger partial charge in [-0.15, -0.1) is 0 Å². The van der Waals surface area contributed by atoms with Gasteiger partial charge in [0.05, 0.1) is 26.2 Å². The van der Waals surface area contributed by atoms with Gasteiger partial charge in [0.15, 0.2) is 0 Å². The number of carbonyl (C=O) groups excluding carboxylic acids is 1. The summed E-state index contributed by atoms with van der Waals surface area (Å²) in [6.07, 6.45) is 18.7. The Labute approximate surface area is 213 Å². The smallest absolute Gasteiger partial charge is 0.311 e. The number of hydrogen-bond acceptors (Lipinski definition) is 4. The summed E-state index contributed by atoms with van der Waals surface area (Å²) >= 11 is 0. The second kappa shape index (κ2) is 19.3. The largest absolute Gasteiger partial charge is 0.550 e.